The monoisotopic (exact) mass is 470 g/mol. The lowest BCUT2D eigenvalue weighted by Gasteiger charge is -2.08. The quantitative estimate of drug-likeness (QED) is 0.422. The summed E-state index contributed by atoms with van der Waals surface area (Å²) in [4.78, 5) is 13.3. The van der Waals surface area contributed by atoms with Gasteiger partial charge in [0.25, 0.3) is 5.91 Å². The smallest absolute Gasteiger partial charge is 0.255 e. The topological polar surface area (TPSA) is 86.9 Å². The molecule has 5 rings (SSSR count). The fourth-order valence-corrected chi connectivity index (χ4v) is 4.54. The maximum Gasteiger partial charge on any atom is 0.255 e. The van der Waals surface area contributed by atoms with Crippen molar-refractivity contribution in [3.63, 3.8) is 0 Å². The second kappa shape index (κ2) is 10.5. The lowest BCUT2D eigenvalue weighted by atomic mass is 10.1. The molecule has 8 heteroatoms. The minimum atomic E-state index is -0.155. The highest BCUT2D eigenvalue weighted by Crippen LogP contribution is 2.26. The molecule has 8 nitrogen and oxygen atoms in total. The van der Waals surface area contributed by atoms with Gasteiger partial charge in [0.05, 0.1) is 19.2 Å². The standard InChI is InChI=1S/C27H30N6O2/c1-35-22-12-8-11-21(17-22)26-23(19-32(31-26)18-20-9-4-2-5-10-20)27(34)28-15-14-25-30-29-24-13-6-3-7-16-33(24)25/h2,4-5,8-12,17,19H,3,6-7,13-16,18H2,1H3,(H,28,34). The molecule has 0 spiro atoms. The maximum absolute atomic E-state index is 13.3. The number of hydrogen-bond donors (Lipinski definition) is 1. The third-order valence-electron chi connectivity index (χ3n) is 6.36. The highest BCUT2D eigenvalue weighted by Gasteiger charge is 2.20. The van der Waals surface area contributed by atoms with Gasteiger partial charge in [0, 0.05) is 37.7 Å². The molecule has 1 aliphatic rings. The van der Waals surface area contributed by atoms with Gasteiger partial charge in [-0.1, -0.05) is 48.9 Å². The number of fused-ring (bicyclic) bond motifs is 1. The number of nitrogens with one attached hydrogen (secondary N) is 1. The predicted molar refractivity (Wildman–Crippen MR) is 133 cm³/mol. The average molecular weight is 471 g/mol. The molecule has 180 valence electrons. The largest absolute Gasteiger partial charge is 0.497 e. The molecule has 1 amide bonds. The van der Waals surface area contributed by atoms with Gasteiger partial charge in [0.15, 0.2) is 0 Å². The Labute approximate surface area is 205 Å². The zero-order valence-corrected chi connectivity index (χ0v) is 20.0. The molecule has 0 fully saturated rings. The van der Waals surface area contributed by atoms with Gasteiger partial charge in [-0.15, -0.1) is 10.2 Å². The van der Waals surface area contributed by atoms with Crippen molar-refractivity contribution in [1.29, 1.82) is 0 Å². The van der Waals surface area contributed by atoms with Crippen LogP contribution in [-0.4, -0.2) is 44.1 Å². The molecule has 0 saturated heterocycles. The van der Waals surface area contributed by atoms with Crippen molar-refractivity contribution in [2.75, 3.05) is 13.7 Å². The fourth-order valence-electron chi connectivity index (χ4n) is 4.54. The molecular weight excluding hydrogens is 440 g/mol. The number of nitrogens with zero attached hydrogens (tertiary/aromatic N) is 5. The second-order valence-corrected chi connectivity index (χ2v) is 8.81. The Kier molecular flexibility index (Phi) is 6.88. The minimum Gasteiger partial charge on any atom is -0.497 e. The number of ether oxygens (including phenoxy) is 1. The van der Waals surface area contributed by atoms with Gasteiger partial charge in [-0.25, -0.2) is 0 Å². The average Bonchev–Trinajstić information content (AvgIpc) is 3.40. The van der Waals surface area contributed by atoms with Crippen molar-refractivity contribution in [3.05, 3.63) is 83.6 Å². The lowest BCUT2D eigenvalue weighted by Crippen LogP contribution is -2.26. The molecule has 0 aliphatic carbocycles. The Morgan fingerprint density at radius 3 is 2.80 bits per heavy atom. The van der Waals surface area contributed by atoms with Gasteiger partial charge in [0.2, 0.25) is 0 Å². The summed E-state index contributed by atoms with van der Waals surface area (Å²) in [5.74, 6) is 2.57. The van der Waals surface area contributed by atoms with Gasteiger partial charge in [-0.2, -0.15) is 5.10 Å². The van der Waals surface area contributed by atoms with Crippen LogP contribution in [-0.2, 0) is 25.9 Å². The van der Waals surface area contributed by atoms with E-state index in [4.69, 9.17) is 9.84 Å². The van der Waals surface area contributed by atoms with Crippen LogP contribution in [0.5, 0.6) is 5.75 Å². The number of benzene rings is 2. The zero-order chi connectivity index (χ0) is 24.0. The van der Waals surface area contributed by atoms with Crippen molar-refractivity contribution in [2.24, 2.45) is 0 Å². The molecule has 0 saturated carbocycles. The summed E-state index contributed by atoms with van der Waals surface area (Å²) in [6.45, 7) is 2.02. The second-order valence-electron chi connectivity index (χ2n) is 8.81. The van der Waals surface area contributed by atoms with Crippen molar-refractivity contribution in [3.8, 4) is 17.0 Å². The predicted octanol–water partition coefficient (Wildman–Crippen LogP) is 3.90. The van der Waals surface area contributed by atoms with E-state index in [-0.39, 0.29) is 5.91 Å². The van der Waals surface area contributed by atoms with E-state index in [2.05, 4.69) is 20.1 Å². The summed E-state index contributed by atoms with van der Waals surface area (Å²) in [6, 6.07) is 17.7. The fraction of sp³-hybridized carbons (Fsp3) is 0.333. The Hall–Kier alpha value is -3.94. The van der Waals surface area contributed by atoms with Crippen LogP contribution in [0, 0.1) is 0 Å². The molecule has 2 aromatic carbocycles. The van der Waals surface area contributed by atoms with Crippen molar-refractivity contribution in [1.82, 2.24) is 29.9 Å². The highest BCUT2D eigenvalue weighted by molar-refractivity contribution is 5.99. The molecule has 35 heavy (non-hydrogen) atoms. The molecule has 4 aromatic rings. The Morgan fingerprint density at radius 2 is 1.94 bits per heavy atom. The summed E-state index contributed by atoms with van der Waals surface area (Å²) in [5, 5.41) is 16.6. The van der Waals surface area contributed by atoms with Gasteiger partial charge < -0.3 is 14.6 Å². The van der Waals surface area contributed by atoms with E-state index in [0.29, 0.717) is 30.8 Å². The SMILES string of the molecule is COc1cccc(-c2nn(Cc3ccccc3)cc2C(=O)NCCc2nnc3n2CCCCC3)c1. The van der Waals surface area contributed by atoms with E-state index in [1.165, 1.54) is 6.42 Å². The number of aromatic nitrogens is 5. The number of methoxy groups -OCH3 is 1. The van der Waals surface area contributed by atoms with Crippen LogP contribution < -0.4 is 10.1 Å². The van der Waals surface area contributed by atoms with E-state index in [9.17, 15) is 4.79 Å². The van der Waals surface area contributed by atoms with Crippen LogP contribution in [0.25, 0.3) is 11.3 Å². The summed E-state index contributed by atoms with van der Waals surface area (Å²) in [7, 11) is 1.63. The summed E-state index contributed by atoms with van der Waals surface area (Å²) in [5.41, 5.74) is 3.12. The molecule has 0 bridgehead atoms. The lowest BCUT2D eigenvalue weighted by molar-refractivity contribution is 0.0954. The van der Waals surface area contributed by atoms with Crippen molar-refractivity contribution in [2.45, 2.75) is 45.2 Å². The molecule has 0 atom stereocenters. The number of carbonyl (C=O) groups is 1. The van der Waals surface area contributed by atoms with Crippen LogP contribution >= 0.6 is 0 Å². The molecule has 3 heterocycles. The molecular formula is C27H30N6O2. The number of rotatable bonds is 8. The number of amides is 1. The molecule has 2 aromatic heterocycles. The third-order valence-corrected chi connectivity index (χ3v) is 6.36. The van der Waals surface area contributed by atoms with Gasteiger partial charge in [-0.05, 0) is 30.5 Å². The van der Waals surface area contributed by atoms with Gasteiger partial charge in [-0.3, -0.25) is 9.48 Å². The van der Waals surface area contributed by atoms with Crippen LogP contribution in [0.2, 0.25) is 0 Å². The first kappa shape index (κ1) is 22.8. The van der Waals surface area contributed by atoms with Gasteiger partial charge >= 0.3 is 0 Å². The molecule has 0 unspecified atom stereocenters. The number of aryl methyl sites for hydroxylation is 1. The van der Waals surface area contributed by atoms with Crippen LogP contribution in [0.4, 0.5) is 0 Å². The van der Waals surface area contributed by atoms with E-state index < -0.39 is 0 Å². The Morgan fingerprint density at radius 1 is 1.06 bits per heavy atom. The van der Waals surface area contributed by atoms with Crippen LogP contribution in [0.3, 0.4) is 0 Å². The minimum absolute atomic E-state index is 0.155. The normalized spacial score (nSPS) is 13.2. The van der Waals surface area contributed by atoms with E-state index in [1.807, 2.05) is 65.5 Å². The van der Waals surface area contributed by atoms with Crippen LogP contribution in [0.1, 0.15) is 46.8 Å². The summed E-state index contributed by atoms with van der Waals surface area (Å²) < 4.78 is 9.43. The molecule has 1 N–H and O–H groups in total. The van der Waals surface area contributed by atoms with E-state index in [0.717, 1.165) is 54.3 Å². The molecule has 0 radical (unpaired) electrons. The number of carbonyl (C=O) groups excluding carboxylic acids is 1. The Balaban J connectivity index is 1.35. The van der Waals surface area contributed by atoms with E-state index in [1.54, 1.807) is 7.11 Å². The Bertz CT molecular complexity index is 1290. The first-order valence-corrected chi connectivity index (χ1v) is 12.2. The first-order valence-electron chi connectivity index (χ1n) is 12.2. The molecule has 1 aliphatic heterocycles. The first-order chi connectivity index (χ1) is 17.2. The van der Waals surface area contributed by atoms with E-state index >= 15 is 0 Å². The van der Waals surface area contributed by atoms with Crippen LogP contribution in [0.15, 0.2) is 60.8 Å². The third kappa shape index (κ3) is 5.26. The maximum atomic E-state index is 13.3. The summed E-state index contributed by atoms with van der Waals surface area (Å²) in [6.07, 6.45) is 6.97. The van der Waals surface area contributed by atoms with Gasteiger partial charge in [0.1, 0.15) is 23.1 Å². The van der Waals surface area contributed by atoms with Crippen molar-refractivity contribution >= 4 is 5.91 Å². The van der Waals surface area contributed by atoms with Crippen molar-refractivity contribution < 1.29 is 9.53 Å². The summed E-state index contributed by atoms with van der Waals surface area (Å²) >= 11 is 0. The zero-order valence-electron chi connectivity index (χ0n) is 20.0. The number of hydrogen-bond acceptors (Lipinski definition) is 5. The highest BCUT2D eigenvalue weighted by atomic mass is 16.5.